The second kappa shape index (κ2) is 2.43. The molecule has 2 nitrogen and oxygen atoms in total. The summed E-state index contributed by atoms with van der Waals surface area (Å²) >= 11 is 4.89. The van der Waals surface area contributed by atoms with Gasteiger partial charge in [0.1, 0.15) is 10.8 Å². The van der Waals surface area contributed by atoms with Crippen molar-refractivity contribution in [1.29, 1.82) is 0 Å². The lowest BCUT2D eigenvalue weighted by Crippen LogP contribution is -2.26. The molecule has 0 bridgehead atoms. The lowest BCUT2D eigenvalue weighted by atomic mass is 10.2. The van der Waals surface area contributed by atoms with E-state index in [2.05, 4.69) is 24.2 Å². The molecule has 1 aliphatic rings. The summed E-state index contributed by atoms with van der Waals surface area (Å²) in [5.41, 5.74) is 0. The SMILES string of the molecule is CC(C)C1=NCC(=S)N1. The van der Waals surface area contributed by atoms with E-state index in [4.69, 9.17) is 12.2 Å². The Balaban J connectivity index is 2.55. The molecule has 0 saturated heterocycles. The van der Waals surface area contributed by atoms with E-state index in [1.807, 2.05) is 0 Å². The molecule has 0 amide bonds. The Morgan fingerprint density at radius 3 is 2.56 bits per heavy atom. The van der Waals surface area contributed by atoms with Gasteiger partial charge in [-0.05, 0) is 0 Å². The second-order valence-electron chi connectivity index (χ2n) is 2.40. The van der Waals surface area contributed by atoms with E-state index < -0.39 is 0 Å². The molecule has 0 atom stereocenters. The summed E-state index contributed by atoms with van der Waals surface area (Å²) in [4.78, 5) is 5.03. The molecule has 0 aliphatic carbocycles. The Hall–Kier alpha value is -0.440. The lowest BCUT2D eigenvalue weighted by molar-refractivity contribution is 0.863. The van der Waals surface area contributed by atoms with Gasteiger partial charge in [0.2, 0.25) is 0 Å². The normalized spacial score (nSPS) is 18.1. The highest BCUT2D eigenvalue weighted by Crippen LogP contribution is 1.99. The maximum absolute atomic E-state index is 4.89. The van der Waals surface area contributed by atoms with Crippen LogP contribution < -0.4 is 5.32 Å². The van der Waals surface area contributed by atoms with E-state index in [0.717, 1.165) is 10.8 Å². The van der Waals surface area contributed by atoms with Gasteiger partial charge in [-0.1, -0.05) is 26.1 Å². The van der Waals surface area contributed by atoms with Gasteiger partial charge in [0.05, 0.1) is 6.54 Å². The van der Waals surface area contributed by atoms with Crippen LogP contribution in [0.1, 0.15) is 13.8 Å². The summed E-state index contributed by atoms with van der Waals surface area (Å²) < 4.78 is 0. The van der Waals surface area contributed by atoms with Crippen molar-refractivity contribution >= 4 is 23.0 Å². The number of nitrogens with one attached hydrogen (secondary N) is 1. The van der Waals surface area contributed by atoms with E-state index in [1.165, 1.54) is 0 Å². The van der Waals surface area contributed by atoms with Crippen LogP contribution in [0.25, 0.3) is 0 Å². The molecule has 1 rings (SSSR count). The van der Waals surface area contributed by atoms with Crippen LogP contribution >= 0.6 is 12.2 Å². The van der Waals surface area contributed by atoms with Crippen molar-refractivity contribution in [2.45, 2.75) is 13.8 Å². The summed E-state index contributed by atoms with van der Waals surface area (Å²) in [5, 5.41) is 3.03. The van der Waals surface area contributed by atoms with Crippen molar-refractivity contribution in [3.63, 3.8) is 0 Å². The molecular weight excluding hydrogens is 132 g/mol. The molecular formula is C6H10N2S. The molecule has 0 radical (unpaired) electrons. The first kappa shape index (κ1) is 6.68. The molecule has 0 saturated carbocycles. The van der Waals surface area contributed by atoms with Crippen LogP contribution in [0.2, 0.25) is 0 Å². The number of thiocarbonyl (C=S) groups is 1. The van der Waals surface area contributed by atoms with Gasteiger partial charge in [-0.15, -0.1) is 0 Å². The minimum Gasteiger partial charge on any atom is -0.337 e. The smallest absolute Gasteiger partial charge is 0.104 e. The van der Waals surface area contributed by atoms with Crippen molar-refractivity contribution in [3.8, 4) is 0 Å². The van der Waals surface area contributed by atoms with Crippen molar-refractivity contribution < 1.29 is 0 Å². The van der Waals surface area contributed by atoms with Gasteiger partial charge in [-0.2, -0.15) is 0 Å². The Labute approximate surface area is 60.4 Å². The average Bonchev–Trinajstić information content (AvgIpc) is 2.14. The predicted octanol–water partition coefficient (Wildman–Crippen LogP) is 0.972. The Kier molecular flexibility index (Phi) is 1.81. The van der Waals surface area contributed by atoms with Crippen LogP contribution in [0.15, 0.2) is 4.99 Å². The molecule has 3 heteroatoms. The fourth-order valence-electron chi connectivity index (χ4n) is 0.706. The number of hydrogen-bond donors (Lipinski definition) is 1. The Morgan fingerprint density at radius 1 is 1.67 bits per heavy atom. The molecule has 9 heavy (non-hydrogen) atoms. The third kappa shape index (κ3) is 1.48. The molecule has 1 aliphatic heterocycles. The van der Waals surface area contributed by atoms with Crippen molar-refractivity contribution in [1.82, 2.24) is 5.32 Å². The summed E-state index contributed by atoms with van der Waals surface area (Å²) in [6.07, 6.45) is 0. The molecule has 50 valence electrons. The number of aliphatic imine (C=N–C) groups is 1. The molecule has 1 heterocycles. The number of hydrogen-bond acceptors (Lipinski definition) is 2. The Morgan fingerprint density at radius 2 is 2.33 bits per heavy atom. The van der Waals surface area contributed by atoms with Crippen LogP contribution in [0.4, 0.5) is 0 Å². The van der Waals surface area contributed by atoms with E-state index in [9.17, 15) is 0 Å². The maximum Gasteiger partial charge on any atom is 0.104 e. The van der Waals surface area contributed by atoms with Gasteiger partial charge in [0, 0.05) is 5.92 Å². The average molecular weight is 142 g/mol. The molecule has 0 unspecified atom stereocenters. The van der Waals surface area contributed by atoms with Crippen molar-refractivity contribution in [2.24, 2.45) is 10.9 Å². The summed E-state index contributed by atoms with van der Waals surface area (Å²) in [6.45, 7) is 4.88. The fraction of sp³-hybridized carbons (Fsp3) is 0.667. The Bertz CT molecular complexity index is 160. The van der Waals surface area contributed by atoms with Crippen LogP contribution in [0.3, 0.4) is 0 Å². The standard InChI is InChI=1S/C6H10N2S/c1-4(2)6-7-3-5(9)8-6/h4H,3H2,1-2H3,(H,7,8,9). The third-order valence-corrected chi connectivity index (χ3v) is 1.44. The van der Waals surface area contributed by atoms with E-state index in [1.54, 1.807) is 0 Å². The minimum atomic E-state index is 0.477. The zero-order chi connectivity index (χ0) is 6.85. The molecule has 0 aromatic rings. The van der Waals surface area contributed by atoms with Crippen LogP contribution in [-0.4, -0.2) is 17.4 Å². The zero-order valence-electron chi connectivity index (χ0n) is 5.64. The van der Waals surface area contributed by atoms with E-state index in [0.29, 0.717) is 12.5 Å². The zero-order valence-corrected chi connectivity index (χ0v) is 6.46. The van der Waals surface area contributed by atoms with Gasteiger partial charge >= 0.3 is 0 Å². The van der Waals surface area contributed by atoms with E-state index >= 15 is 0 Å². The summed E-state index contributed by atoms with van der Waals surface area (Å²) in [7, 11) is 0. The monoisotopic (exact) mass is 142 g/mol. The first-order valence-corrected chi connectivity index (χ1v) is 3.45. The van der Waals surface area contributed by atoms with Crippen LogP contribution in [0, 0.1) is 5.92 Å². The largest absolute Gasteiger partial charge is 0.337 e. The highest BCUT2D eigenvalue weighted by Gasteiger charge is 2.11. The quantitative estimate of drug-likeness (QED) is 0.552. The molecule has 0 spiro atoms. The van der Waals surface area contributed by atoms with Crippen LogP contribution in [0.5, 0.6) is 0 Å². The topological polar surface area (TPSA) is 24.4 Å². The second-order valence-corrected chi connectivity index (χ2v) is 2.90. The molecule has 0 fully saturated rings. The fourth-order valence-corrected chi connectivity index (χ4v) is 0.875. The lowest BCUT2D eigenvalue weighted by Gasteiger charge is -2.03. The van der Waals surface area contributed by atoms with Crippen molar-refractivity contribution in [2.75, 3.05) is 6.54 Å². The molecule has 0 aromatic carbocycles. The highest BCUT2D eigenvalue weighted by atomic mass is 32.1. The van der Waals surface area contributed by atoms with Gasteiger partial charge < -0.3 is 5.32 Å². The number of rotatable bonds is 1. The third-order valence-electron chi connectivity index (χ3n) is 1.21. The maximum atomic E-state index is 4.89. The van der Waals surface area contributed by atoms with E-state index in [-0.39, 0.29) is 0 Å². The molecule has 0 aromatic heterocycles. The summed E-state index contributed by atoms with van der Waals surface area (Å²) in [5.74, 6) is 1.51. The number of amidine groups is 1. The van der Waals surface area contributed by atoms with Gasteiger partial charge in [0.15, 0.2) is 0 Å². The van der Waals surface area contributed by atoms with Crippen molar-refractivity contribution in [3.05, 3.63) is 0 Å². The van der Waals surface area contributed by atoms with Crippen LogP contribution in [-0.2, 0) is 0 Å². The van der Waals surface area contributed by atoms with Gasteiger partial charge in [0.25, 0.3) is 0 Å². The molecule has 1 N–H and O–H groups in total. The minimum absolute atomic E-state index is 0.477. The highest BCUT2D eigenvalue weighted by molar-refractivity contribution is 7.80. The summed E-state index contributed by atoms with van der Waals surface area (Å²) in [6, 6.07) is 0. The van der Waals surface area contributed by atoms with Gasteiger partial charge in [-0.3, -0.25) is 4.99 Å². The first-order valence-electron chi connectivity index (χ1n) is 3.04. The first-order chi connectivity index (χ1) is 4.20. The number of nitrogens with zero attached hydrogens (tertiary/aromatic N) is 1. The predicted molar refractivity (Wildman–Crippen MR) is 42.9 cm³/mol. The van der Waals surface area contributed by atoms with Gasteiger partial charge in [-0.25, -0.2) is 0 Å².